The maximum atomic E-state index is 12.2. The van der Waals surface area contributed by atoms with Gasteiger partial charge in [-0.3, -0.25) is 0 Å². The van der Waals surface area contributed by atoms with Crippen molar-refractivity contribution in [2.24, 2.45) is 0 Å². The SMILES string of the molecule is C[C@H](N[S+]([O-])C(C)(C)C)c1ccc2c(c1)ncn2C1CC1. The molecule has 1 saturated carbocycles. The monoisotopic (exact) mass is 305 g/mol. The number of rotatable bonds is 4. The Kier molecular flexibility index (Phi) is 3.76. The molecule has 114 valence electrons. The molecular formula is C16H23N3OS. The first-order chi connectivity index (χ1) is 9.86. The van der Waals surface area contributed by atoms with Gasteiger partial charge in [0, 0.05) is 17.4 Å². The van der Waals surface area contributed by atoms with E-state index in [9.17, 15) is 4.55 Å². The lowest BCUT2D eigenvalue weighted by Crippen LogP contribution is -2.40. The van der Waals surface area contributed by atoms with E-state index in [-0.39, 0.29) is 10.8 Å². The molecule has 0 radical (unpaired) electrons. The number of hydrogen-bond acceptors (Lipinski definition) is 3. The Morgan fingerprint density at radius 3 is 2.71 bits per heavy atom. The number of benzene rings is 1. The molecule has 0 spiro atoms. The van der Waals surface area contributed by atoms with Crippen LogP contribution < -0.4 is 4.72 Å². The predicted molar refractivity (Wildman–Crippen MR) is 87.5 cm³/mol. The van der Waals surface area contributed by atoms with E-state index in [0.29, 0.717) is 6.04 Å². The van der Waals surface area contributed by atoms with Gasteiger partial charge in [0.1, 0.15) is 4.75 Å². The van der Waals surface area contributed by atoms with E-state index in [1.165, 1.54) is 18.4 Å². The quantitative estimate of drug-likeness (QED) is 0.880. The number of aromatic nitrogens is 2. The van der Waals surface area contributed by atoms with Crippen molar-refractivity contribution in [1.29, 1.82) is 0 Å². The normalized spacial score (nSPS) is 18.9. The van der Waals surface area contributed by atoms with Crippen molar-refractivity contribution in [3.8, 4) is 0 Å². The van der Waals surface area contributed by atoms with Crippen molar-refractivity contribution in [2.45, 2.75) is 57.4 Å². The second-order valence-corrected chi connectivity index (χ2v) is 8.85. The van der Waals surface area contributed by atoms with Crippen molar-refractivity contribution >= 4 is 22.4 Å². The minimum Gasteiger partial charge on any atom is -0.598 e. The van der Waals surface area contributed by atoms with E-state index in [1.807, 2.05) is 34.0 Å². The van der Waals surface area contributed by atoms with Gasteiger partial charge in [0.2, 0.25) is 0 Å². The van der Waals surface area contributed by atoms with Crippen molar-refractivity contribution in [3.63, 3.8) is 0 Å². The van der Waals surface area contributed by atoms with Gasteiger partial charge in [0.05, 0.1) is 23.4 Å². The number of nitrogens with zero attached hydrogens (tertiary/aromatic N) is 2. The number of fused-ring (bicyclic) bond motifs is 1. The second-order valence-electron chi connectivity index (χ2n) is 6.85. The molecule has 0 saturated heterocycles. The fraction of sp³-hybridized carbons (Fsp3) is 0.562. The molecule has 1 fully saturated rings. The zero-order chi connectivity index (χ0) is 15.2. The summed E-state index contributed by atoms with van der Waals surface area (Å²) in [4.78, 5) is 4.51. The summed E-state index contributed by atoms with van der Waals surface area (Å²) in [6.07, 6.45) is 4.46. The average Bonchev–Trinajstić information content (AvgIpc) is 3.17. The molecule has 1 unspecified atom stereocenters. The van der Waals surface area contributed by atoms with Crippen molar-refractivity contribution in [3.05, 3.63) is 30.1 Å². The molecule has 1 aliphatic rings. The van der Waals surface area contributed by atoms with Gasteiger partial charge in [-0.2, -0.15) is 0 Å². The maximum absolute atomic E-state index is 12.2. The van der Waals surface area contributed by atoms with Crippen LogP contribution in [0.15, 0.2) is 24.5 Å². The van der Waals surface area contributed by atoms with Gasteiger partial charge in [-0.15, -0.1) is 4.72 Å². The van der Waals surface area contributed by atoms with E-state index >= 15 is 0 Å². The van der Waals surface area contributed by atoms with Crippen LogP contribution in [-0.2, 0) is 11.4 Å². The summed E-state index contributed by atoms with van der Waals surface area (Å²) in [6.45, 7) is 7.97. The second kappa shape index (κ2) is 5.30. The van der Waals surface area contributed by atoms with E-state index in [4.69, 9.17) is 0 Å². The first-order valence-corrected chi connectivity index (χ1v) is 8.66. The third-order valence-electron chi connectivity index (χ3n) is 3.88. The summed E-state index contributed by atoms with van der Waals surface area (Å²) in [7, 11) is 0. The molecule has 1 heterocycles. The lowest BCUT2D eigenvalue weighted by atomic mass is 10.1. The van der Waals surface area contributed by atoms with Gasteiger partial charge in [-0.1, -0.05) is 6.07 Å². The average molecular weight is 305 g/mol. The molecule has 0 aliphatic heterocycles. The molecule has 1 aromatic heterocycles. The Morgan fingerprint density at radius 2 is 2.10 bits per heavy atom. The molecule has 2 aromatic rings. The first kappa shape index (κ1) is 14.9. The Bertz CT molecular complexity index is 642. The molecular weight excluding hydrogens is 282 g/mol. The lowest BCUT2D eigenvalue weighted by Gasteiger charge is -2.26. The van der Waals surface area contributed by atoms with Crippen LogP contribution in [0.5, 0.6) is 0 Å². The highest BCUT2D eigenvalue weighted by atomic mass is 32.2. The molecule has 21 heavy (non-hydrogen) atoms. The number of nitrogens with one attached hydrogen (secondary N) is 1. The highest BCUT2D eigenvalue weighted by molar-refractivity contribution is 7.90. The van der Waals surface area contributed by atoms with Crippen LogP contribution >= 0.6 is 0 Å². The third-order valence-corrected chi connectivity index (χ3v) is 5.56. The van der Waals surface area contributed by atoms with Gasteiger partial charge in [-0.25, -0.2) is 4.98 Å². The highest BCUT2D eigenvalue weighted by Gasteiger charge is 2.29. The van der Waals surface area contributed by atoms with E-state index in [1.54, 1.807) is 0 Å². The summed E-state index contributed by atoms with van der Waals surface area (Å²) in [6, 6.07) is 7.03. The fourth-order valence-corrected chi connectivity index (χ4v) is 3.18. The smallest absolute Gasteiger partial charge is 0.136 e. The van der Waals surface area contributed by atoms with Gasteiger partial charge >= 0.3 is 0 Å². The van der Waals surface area contributed by atoms with Crippen LogP contribution in [0.25, 0.3) is 11.0 Å². The van der Waals surface area contributed by atoms with Crippen molar-refractivity contribution in [1.82, 2.24) is 14.3 Å². The minimum absolute atomic E-state index is 0.0422. The Hall–Kier alpha value is -1.04. The molecule has 5 heteroatoms. The van der Waals surface area contributed by atoms with Crippen LogP contribution in [0.2, 0.25) is 0 Å². The van der Waals surface area contributed by atoms with E-state index < -0.39 is 11.4 Å². The van der Waals surface area contributed by atoms with E-state index in [2.05, 4.69) is 32.5 Å². The van der Waals surface area contributed by atoms with Crippen LogP contribution in [0, 0.1) is 0 Å². The Labute approximate surface area is 129 Å². The van der Waals surface area contributed by atoms with Gasteiger partial charge in [0.25, 0.3) is 0 Å². The summed E-state index contributed by atoms with van der Waals surface area (Å²) in [5.74, 6) is 0. The van der Waals surface area contributed by atoms with Gasteiger partial charge in [-0.05, 0) is 58.2 Å². The first-order valence-electron chi connectivity index (χ1n) is 7.51. The molecule has 1 aromatic carbocycles. The lowest BCUT2D eigenvalue weighted by molar-refractivity contribution is 0.531. The number of hydrogen-bond donors (Lipinski definition) is 1. The van der Waals surface area contributed by atoms with Crippen molar-refractivity contribution in [2.75, 3.05) is 0 Å². The summed E-state index contributed by atoms with van der Waals surface area (Å²) >= 11 is -1.07. The Morgan fingerprint density at radius 1 is 1.38 bits per heavy atom. The molecule has 2 atom stereocenters. The zero-order valence-electron chi connectivity index (χ0n) is 13.1. The molecule has 0 amide bonds. The highest BCUT2D eigenvalue weighted by Crippen LogP contribution is 2.37. The summed E-state index contributed by atoms with van der Waals surface area (Å²) in [5, 5.41) is 0. The number of imidazole rings is 1. The van der Waals surface area contributed by atoms with Gasteiger partial charge in [0.15, 0.2) is 0 Å². The van der Waals surface area contributed by atoms with Crippen LogP contribution in [0.1, 0.15) is 58.2 Å². The predicted octanol–water partition coefficient (Wildman–Crippen LogP) is 3.48. The Balaban J connectivity index is 1.80. The molecule has 1 N–H and O–H groups in total. The van der Waals surface area contributed by atoms with E-state index in [0.717, 1.165) is 11.1 Å². The molecule has 1 aliphatic carbocycles. The minimum atomic E-state index is -1.07. The summed E-state index contributed by atoms with van der Waals surface area (Å²) < 4.78 is 17.4. The molecule has 3 rings (SSSR count). The molecule has 0 bridgehead atoms. The topological polar surface area (TPSA) is 52.9 Å². The van der Waals surface area contributed by atoms with Gasteiger partial charge < -0.3 is 9.12 Å². The third kappa shape index (κ3) is 3.10. The van der Waals surface area contributed by atoms with Crippen LogP contribution in [0.4, 0.5) is 0 Å². The standard InChI is InChI=1S/C16H23N3OS/c1-11(18-21(20)16(2,3)4)12-5-8-15-14(9-12)17-10-19(15)13-6-7-13/h5,8-11,13,18H,6-7H2,1-4H3/t11-,21?/m0/s1. The maximum Gasteiger partial charge on any atom is 0.136 e. The fourth-order valence-electron chi connectivity index (χ4n) is 2.37. The summed E-state index contributed by atoms with van der Waals surface area (Å²) in [5.41, 5.74) is 3.35. The van der Waals surface area contributed by atoms with Crippen molar-refractivity contribution < 1.29 is 4.55 Å². The van der Waals surface area contributed by atoms with Crippen LogP contribution in [0.3, 0.4) is 0 Å². The molecule has 4 nitrogen and oxygen atoms in total. The largest absolute Gasteiger partial charge is 0.598 e. The zero-order valence-corrected chi connectivity index (χ0v) is 13.9. The van der Waals surface area contributed by atoms with Crippen LogP contribution in [-0.4, -0.2) is 18.9 Å².